The van der Waals surface area contributed by atoms with Gasteiger partial charge >= 0.3 is 0 Å². The zero-order chi connectivity index (χ0) is 15.0. The van der Waals surface area contributed by atoms with Gasteiger partial charge in [-0.3, -0.25) is 0 Å². The van der Waals surface area contributed by atoms with Crippen molar-refractivity contribution in [1.29, 1.82) is 0 Å². The fourth-order valence-electron chi connectivity index (χ4n) is 2.75. The Morgan fingerprint density at radius 1 is 1.43 bits per heavy atom. The van der Waals surface area contributed by atoms with Crippen molar-refractivity contribution in [1.82, 2.24) is 20.2 Å². The van der Waals surface area contributed by atoms with Crippen LogP contribution >= 0.6 is 0 Å². The molecule has 1 aliphatic rings. The lowest BCUT2D eigenvalue weighted by atomic mass is 9.94. The molecule has 21 heavy (non-hydrogen) atoms. The molecule has 0 aliphatic carbocycles. The van der Waals surface area contributed by atoms with Gasteiger partial charge in [0, 0.05) is 17.9 Å². The molecule has 0 saturated carbocycles. The number of hydrogen-bond donors (Lipinski definition) is 1. The first kappa shape index (κ1) is 13.9. The number of aromatic nitrogens is 4. The molecule has 1 aliphatic heterocycles. The third kappa shape index (κ3) is 2.73. The molecule has 0 amide bonds. The van der Waals surface area contributed by atoms with Gasteiger partial charge in [-0.05, 0) is 55.3 Å². The van der Waals surface area contributed by atoms with Gasteiger partial charge in [0.15, 0.2) is 5.82 Å². The second-order valence-electron chi connectivity index (χ2n) is 5.93. The third-order valence-corrected chi connectivity index (χ3v) is 3.77. The summed E-state index contributed by atoms with van der Waals surface area (Å²) in [6.45, 7) is 4.73. The third-order valence-electron chi connectivity index (χ3n) is 3.77. The van der Waals surface area contributed by atoms with E-state index in [0.29, 0.717) is 23.7 Å². The smallest absolute Gasteiger partial charge is 0.184 e. The molecule has 0 spiro atoms. The average Bonchev–Trinajstić information content (AvgIpc) is 2.89. The molecule has 1 atom stereocenters. The maximum atomic E-state index is 13.5. The molecule has 7 heteroatoms. The van der Waals surface area contributed by atoms with Gasteiger partial charge in [0.05, 0.1) is 11.6 Å². The molecule has 1 aromatic carbocycles. The first-order chi connectivity index (χ1) is 9.96. The van der Waals surface area contributed by atoms with Gasteiger partial charge in [-0.25, -0.2) is 9.07 Å². The Morgan fingerprint density at radius 2 is 2.24 bits per heavy atom. The van der Waals surface area contributed by atoms with Gasteiger partial charge in [0.25, 0.3) is 0 Å². The van der Waals surface area contributed by atoms with Crippen LogP contribution in [0.3, 0.4) is 0 Å². The van der Waals surface area contributed by atoms with Gasteiger partial charge in [-0.15, -0.1) is 5.10 Å². The van der Waals surface area contributed by atoms with Crippen LogP contribution in [0.25, 0.3) is 11.4 Å². The molecule has 1 saturated heterocycles. The van der Waals surface area contributed by atoms with E-state index in [-0.39, 0.29) is 17.5 Å². The molecule has 112 valence electrons. The number of halogens is 1. The summed E-state index contributed by atoms with van der Waals surface area (Å²) in [6, 6.07) is 4.32. The highest BCUT2D eigenvalue weighted by Gasteiger charge is 2.32. The number of nitrogens with zero attached hydrogens (tertiary/aromatic N) is 4. The summed E-state index contributed by atoms with van der Waals surface area (Å²) >= 11 is 0. The Bertz CT molecular complexity index is 655. The molecular weight excluding hydrogens is 273 g/mol. The monoisotopic (exact) mass is 291 g/mol. The largest absolute Gasteiger partial charge is 0.398 e. The van der Waals surface area contributed by atoms with E-state index in [1.807, 2.05) is 13.8 Å². The molecule has 3 rings (SSSR count). The van der Waals surface area contributed by atoms with Gasteiger partial charge in [0.2, 0.25) is 0 Å². The Kier molecular flexibility index (Phi) is 3.36. The van der Waals surface area contributed by atoms with Crippen molar-refractivity contribution in [3.05, 3.63) is 24.0 Å². The minimum Gasteiger partial charge on any atom is -0.398 e. The Balaban J connectivity index is 1.99. The SMILES string of the molecule is CC1(C)CC(n2nnnc2-c2cc(F)ccc2N)CCO1. The van der Waals surface area contributed by atoms with Crippen molar-refractivity contribution >= 4 is 5.69 Å². The first-order valence-corrected chi connectivity index (χ1v) is 6.93. The minimum absolute atomic E-state index is 0.112. The number of ether oxygens (including phenoxy) is 1. The zero-order valence-corrected chi connectivity index (χ0v) is 12.1. The van der Waals surface area contributed by atoms with E-state index in [0.717, 1.165) is 12.8 Å². The number of anilines is 1. The highest BCUT2D eigenvalue weighted by molar-refractivity contribution is 5.71. The van der Waals surface area contributed by atoms with Crippen molar-refractivity contribution in [2.75, 3.05) is 12.3 Å². The van der Waals surface area contributed by atoms with E-state index in [1.165, 1.54) is 18.2 Å². The number of rotatable bonds is 2. The van der Waals surface area contributed by atoms with Crippen LogP contribution in [0, 0.1) is 5.82 Å². The zero-order valence-electron chi connectivity index (χ0n) is 12.1. The summed E-state index contributed by atoms with van der Waals surface area (Å²) < 4.78 is 20.9. The van der Waals surface area contributed by atoms with E-state index in [2.05, 4.69) is 15.5 Å². The Labute approximate surface area is 122 Å². The van der Waals surface area contributed by atoms with Crippen LogP contribution < -0.4 is 5.73 Å². The lowest BCUT2D eigenvalue weighted by Gasteiger charge is -2.35. The van der Waals surface area contributed by atoms with Crippen molar-refractivity contribution < 1.29 is 9.13 Å². The molecule has 0 radical (unpaired) electrons. The molecule has 2 heterocycles. The normalized spacial score (nSPS) is 21.4. The number of nitrogens with two attached hydrogens (primary N) is 1. The molecule has 2 N–H and O–H groups in total. The molecule has 2 aromatic rings. The van der Waals surface area contributed by atoms with Crippen LogP contribution in [0.5, 0.6) is 0 Å². The standard InChI is InChI=1S/C14H18FN5O/c1-14(2)8-10(5-6-21-14)20-13(17-18-19-20)11-7-9(15)3-4-12(11)16/h3-4,7,10H,5-6,8,16H2,1-2H3. The van der Waals surface area contributed by atoms with Crippen LogP contribution in [0.4, 0.5) is 10.1 Å². The van der Waals surface area contributed by atoms with E-state index < -0.39 is 0 Å². The lowest BCUT2D eigenvalue weighted by molar-refractivity contribution is -0.0707. The number of nitrogen functional groups attached to an aromatic ring is 1. The number of tetrazole rings is 1. The summed E-state index contributed by atoms with van der Waals surface area (Å²) in [5.74, 6) is 0.135. The predicted octanol–water partition coefficient (Wildman–Crippen LogP) is 2.19. The quantitative estimate of drug-likeness (QED) is 0.858. The van der Waals surface area contributed by atoms with Crippen molar-refractivity contribution in [2.45, 2.75) is 38.3 Å². The molecule has 1 aromatic heterocycles. The van der Waals surface area contributed by atoms with Crippen LogP contribution in [0.2, 0.25) is 0 Å². The van der Waals surface area contributed by atoms with Crippen LogP contribution in [0.15, 0.2) is 18.2 Å². The molecule has 6 nitrogen and oxygen atoms in total. The summed E-state index contributed by atoms with van der Waals surface area (Å²) in [5.41, 5.74) is 6.68. The van der Waals surface area contributed by atoms with Crippen LogP contribution in [-0.2, 0) is 4.74 Å². The molecular formula is C14H18FN5O. The molecule has 1 fully saturated rings. The number of benzene rings is 1. The summed E-state index contributed by atoms with van der Waals surface area (Å²) in [4.78, 5) is 0. The molecule has 0 bridgehead atoms. The maximum Gasteiger partial charge on any atom is 0.184 e. The van der Waals surface area contributed by atoms with Crippen LogP contribution in [-0.4, -0.2) is 32.4 Å². The topological polar surface area (TPSA) is 78.9 Å². The van der Waals surface area contributed by atoms with Crippen molar-refractivity contribution in [2.24, 2.45) is 0 Å². The van der Waals surface area contributed by atoms with Gasteiger partial charge in [-0.1, -0.05) is 0 Å². The van der Waals surface area contributed by atoms with Crippen molar-refractivity contribution in [3.63, 3.8) is 0 Å². The number of hydrogen-bond acceptors (Lipinski definition) is 5. The van der Waals surface area contributed by atoms with E-state index >= 15 is 0 Å². The van der Waals surface area contributed by atoms with Gasteiger partial charge in [0.1, 0.15) is 5.82 Å². The van der Waals surface area contributed by atoms with E-state index in [1.54, 1.807) is 4.68 Å². The second-order valence-corrected chi connectivity index (χ2v) is 5.93. The first-order valence-electron chi connectivity index (χ1n) is 6.93. The van der Waals surface area contributed by atoms with Crippen molar-refractivity contribution in [3.8, 4) is 11.4 Å². The van der Waals surface area contributed by atoms with Gasteiger partial charge in [-0.2, -0.15) is 0 Å². The van der Waals surface area contributed by atoms with E-state index in [9.17, 15) is 4.39 Å². The van der Waals surface area contributed by atoms with Crippen LogP contribution in [0.1, 0.15) is 32.7 Å². The second kappa shape index (κ2) is 5.07. The van der Waals surface area contributed by atoms with Gasteiger partial charge < -0.3 is 10.5 Å². The summed E-state index contributed by atoms with van der Waals surface area (Å²) in [7, 11) is 0. The highest BCUT2D eigenvalue weighted by atomic mass is 19.1. The Hall–Kier alpha value is -2.02. The Morgan fingerprint density at radius 3 is 3.00 bits per heavy atom. The lowest BCUT2D eigenvalue weighted by Crippen LogP contribution is -2.35. The van der Waals surface area contributed by atoms with E-state index in [4.69, 9.17) is 10.5 Å². The molecule has 1 unspecified atom stereocenters. The fraction of sp³-hybridized carbons (Fsp3) is 0.500. The minimum atomic E-state index is -0.360. The fourth-order valence-corrected chi connectivity index (χ4v) is 2.75. The summed E-state index contributed by atoms with van der Waals surface area (Å²) in [5, 5.41) is 11.8. The predicted molar refractivity (Wildman–Crippen MR) is 75.9 cm³/mol. The highest BCUT2D eigenvalue weighted by Crippen LogP contribution is 2.34. The maximum absolute atomic E-state index is 13.5. The average molecular weight is 291 g/mol. The summed E-state index contributed by atoms with van der Waals surface area (Å²) in [6.07, 6.45) is 1.61.